The Morgan fingerprint density at radius 3 is 2.57 bits per heavy atom. The fraction of sp³-hybridized carbons (Fsp3) is 0.310. The number of carbonyl (C=O) groups is 4. The Labute approximate surface area is 250 Å². The zero-order valence-corrected chi connectivity index (χ0v) is 24.9. The highest BCUT2D eigenvalue weighted by Gasteiger charge is 2.31. The Hall–Kier alpha value is -4.23. The highest BCUT2D eigenvalue weighted by atomic mass is 32.2. The maximum Gasteiger partial charge on any atom is 0.341 e. The molecule has 2 aromatic carbocycles. The van der Waals surface area contributed by atoms with Crippen molar-refractivity contribution in [1.82, 2.24) is 4.90 Å². The van der Waals surface area contributed by atoms with Crippen LogP contribution in [0.3, 0.4) is 0 Å². The summed E-state index contributed by atoms with van der Waals surface area (Å²) in [4.78, 5) is 64.7. The van der Waals surface area contributed by atoms with Crippen LogP contribution < -0.4 is 10.6 Å². The van der Waals surface area contributed by atoms with Gasteiger partial charge in [0.25, 0.3) is 11.6 Å². The van der Waals surface area contributed by atoms with Crippen molar-refractivity contribution in [2.75, 3.05) is 23.8 Å². The first-order valence-electron chi connectivity index (χ1n) is 13.3. The van der Waals surface area contributed by atoms with E-state index in [0.717, 1.165) is 15.3 Å². The number of carbonyl (C=O) groups excluding carboxylic acids is 4. The van der Waals surface area contributed by atoms with Crippen LogP contribution in [0.1, 0.15) is 58.3 Å². The van der Waals surface area contributed by atoms with E-state index in [0.29, 0.717) is 42.2 Å². The normalized spacial score (nSPS) is 13.1. The van der Waals surface area contributed by atoms with Crippen molar-refractivity contribution in [3.8, 4) is 0 Å². The van der Waals surface area contributed by atoms with E-state index in [1.807, 2.05) is 13.0 Å². The van der Waals surface area contributed by atoms with Crippen LogP contribution >= 0.6 is 23.1 Å². The van der Waals surface area contributed by atoms with Gasteiger partial charge in [-0.15, -0.1) is 23.1 Å². The van der Waals surface area contributed by atoms with Gasteiger partial charge in [-0.3, -0.25) is 24.5 Å². The molecule has 1 aliphatic rings. The van der Waals surface area contributed by atoms with Gasteiger partial charge in [-0.2, -0.15) is 0 Å². The average Bonchev–Trinajstić information content (AvgIpc) is 3.33. The third-order valence-electron chi connectivity index (χ3n) is 6.57. The number of amides is 3. The van der Waals surface area contributed by atoms with Gasteiger partial charge in [0.15, 0.2) is 0 Å². The van der Waals surface area contributed by atoms with Crippen LogP contribution in [0, 0.1) is 10.1 Å². The first kappa shape index (κ1) is 30.7. The zero-order chi connectivity index (χ0) is 30.4. The number of ether oxygens (including phenoxy) is 1. The molecule has 42 heavy (non-hydrogen) atoms. The van der Waals surface area contributed by atoms with E-state index in [-0.39, 0.29) is 29.7 Å². The molecular weight excluding hydrogens is 580 g/mol. The van der Waals surface area contributed by atoms with E-state index in [4.69, 9.17) is 4.74 Å². The quantitative estimate of drug-likeness (QED) is 0.132. The van der Waals surface area contributed by atoms with Crippen molar-refractivity contribution in [1.29, 1.82) is 0 Å². The smallest absolute Gasteiger partial charge is 0.341 e. The predicted molar refractivity (Wildman–Crippen MR) is 161 cm³/mol. The molecule has 0 bridgehead atoms. The number of hydrogen-bond acceptors (Lipinski definition) is 9. The number of rotatable bonds is 10. The van der Waals surface area contributed by atoms with Crippen LogP contribution in [0.15, 0.2) is 53.4 Å². The molecule has 1 aliphatic heterocycles. The second-order valence-electron chi connectivity index (χ2n) is 9.41. The SMILES string of the molecule is CCOC(=O)c1c(NC(=O)C(CC)Sc2cccc(NC(=O)c3cccc([N+](=O)[O-])c3)c2)sc2c1CCN(C(C)=O)C2. The van der Waals surface area contributed by atoms with Gasteiger partial charge in [-0.05, 0) is 49.6 Å². The van der Waals surface area contributed by atoms with Crippen LogP contribution in [0.4, 0.5) is 16.4 Å². The number of esters is 1. The van der Waals surface area contributed by atoms with Gasteiger partial charge in [0.2, 0.25) is 11.8 Å². The highest BCUT2D eigenvalue weighted by molar-refractivity contribution is 8.00. The van der Waals surface area contributed by atoms with Gasteiger partial charge in [-0.1, -0.05) is 19.1 Å². The largest absolute Gasteiger partial charge is 0.462 e. The van der Waals surface area contributed by atoms with Crippen molar-refractivity contribution in [3.05, 3.63) is 80.2 Å². The molecule has 13 heteroatoms. The standard InChI is InChI=1S/C29H30N4O7S2/c1-4-23(41-21-11-7-9-19(15-21)30-26(35)18-8-6-10-20(14-18)33(38)39)27(36)31-28-25(29(37)40-5-2)22-12-13-32(17(3)34)16-24(22)42-28/h6-11,14-15,23H,4-5,12-13,16H2,1-3H3,(H,30,35)(H,31,36). The molecule has 0 saturated carbocycles. The second kappa shape index (κ2) is 13.6. The lowest BCUT2D eigenvalue weighted by molar-refractivity contribution is -0.384. The minimum Gasteiger partial charge on any atom is -0.462 e. The van der Waals surface area contributed by atoms with Gasteiger partial charge in [0, 0.05) is 46.6 Å². The number of nitro benzene ring substituents is 1. The van der Waals surface area contributed by atoms with E-state index in [1.165, 1.54) is 54.3 Å². The number of anilines is 2. The maximum atomic E-state index is 13.4. The highest BCUT2D eigenvalue weighted by Crippen LogP contribution is 2.38. The van der Waals surface area contributed by atoms with Crippen molar-refractivity contribution in [3.63, 3.8) is 0 Å². The number of thiophene rings is 1. The lowest BCUT2D eigenvalue weighted by Crippen LogP contribution is -2.34. The van der Waals surface area contributed by atoms with Crippen LogP contribution in [0.25, 0.3) is 0 Å². The molecule has 2 heterocycles. The molecule has 2 N–H and O–H groups in total. The molecule has 3 amide bonds. The molecule has 0 aliphatic carbocycles. The number of thioether (sulfide) groups is 1. The van der Waals surface area contributed by atoms with Crippen LogP contribution in [-0.4, -0.2) is 51.9 Å². The third-order valence-corrected chi connectivity index (χ3v) is 9.06. The van der Waals surface area contributed by atoms with E-state index < -0.39 is 22.0 Å². The van der Waals surface area contributed by atoms with Gasteiger partial charge < -0.3 is 20.3 Å². The number of non-ortho nitro benzene ring substituents is 1. The van der Waals surface area contributed by atoms with Crippen molar-refractivity contribution in [2.24, 2.45) is 0 Å². The summed E-state index contributed by atoms with van der Waals surface area (Å²) in [7, 11) is 0. The molecule has 1 unspecified atom stereocenters. The number of fused-ring (bicyclic) bond motifs is 1. The second-order valence-corrected chi connectivity index (χ2v) is 11.8. The number of hydrogen-bond donors (Lipinski definition) is 2. The fourth-order valence-corrected chi connectivity index (χ4v) is 6.74. The topological polar surface area (TPSA) is 148 Å². The van der Waals surface area contributed by atoms with Gasteiger partial charge in [0.05, 0.1) is 28.9 Å². The molecular formula is C29H30N4O7S2. The lowest BCUT2D eigenvalue weighted by Gasteiger charge is -2.25. The Kier molecular flexibility index (Phi) is 9.96. The number of benzene rings is 2. The van der Waals surface area contributed by atoms with Crippen molar-refractivity contribution in [2.45, 2.75) is 50.3 Å². The van der Waals surface area contributed by atoms with E-state index >= 15 is 0 Å². The molecule has 220 valence electrons. The summed E-state index contributed by atoms with van der Waals surface area (Å²) >= 11 is 2.59. The molecule has 3 aromatic rings. The Balaban J connectivity index is 1.49. The predicted octanol–water partition coefficient (Wildman–Crippen LogP) is 5.50. The Morgan fingerprint density at radius 2 is 1.88 bits per heavy atom. The van der Waals surface area contributed by atoms with Crippen LogP contribution in [-0.2, 0) is 27.3 Å². The summed E-state index contributed by atoms with van der Waals surface area (Å²) in [6, 6.07) is 12.4. The maximum absolute atomic E-state index is 13.4. The summed E-state index contributed by atoms with van der Waals surface area (Å²) in [6.07, 6.45) is 0.981. The number of nitro groups is 1. The molecule has 1 atom stereocenters. The molecule has 0 spiro atoms. The molecule has 11 nitrogen and oxygen atoms in total. The Morgan fingerprint density at radius 1 is 1.12 bits per heavy atom. The van der Waals surface area contributed by atoms with E-state index in [2.05, 4.69) is 10.6 Å². The first-order chi connectivity index (χ1) is 20.1. The molecule has 0 radical (unpaired) electrons. The summed E-state index contributed by atoms with van der Waals surface area (Å²) in [5, 5.41) is 16.6. The van der Waals surface area contributed by atoms with Crippen molar-refractivity contribution >= 4 is 63.2 Å². The fourth-order valence-electron chi connectivity index (χ4n) is 4.47. The average molecular weight is 611 g/mol. The monoisotopic (exact) mass is 610 g/mol. The summed E-state index contributed by atoms with van der Waals surface area (Å²) < 4.78 is 5.29. The number of nitrogens with one attached hydrogen (secondary N) is 2. The zero-order valence-electron chi connectivity index (χ0n) is 23.3. The van der Waals surface area contributed by atoms with E-state index in [1.54, 1.807) is 30.0 Å². The number of nitrogens with zero attached hydrogens (tertiary/aromatic N) is 2. The third kappa shape index (κ3) is 7.15. The molecule has 0 saturated heterocycles. The first-order valence-corrected chi connectivity index (χ1v) is 15.0. The molecule has 0 fully saturated rings. The molecule has 4 rings (SSSR count). The minimum atomic E-state index is -0.564. The summed E-state index contributed by atoms with van der Waals surface area (Å²) in [5.41, 5.74) is 1.59. The van der Waals surface area contributed by atoms with E-state index in [9.17, 15) is 29.3 Å². The van der Waals surface area contributed by atoms with Crippen LogP contribution in [0.2, 0.25) is 0 Å². The minimum absolute atomic E-state index is 0.0525. The summed E-state index contributed by atoms with van der Waals surface area (Å²) in [5.74, 6) is -1.35. The lowest BCUT2D eigenvalue weighted by atomic mass is 10.0. The molecule has 1 aromatic heterocycles. The van der Waals surface area contributed by atoms with Gasteiger partial charge >= 0.3 is 5.97 Å². The van der Waals surface area contributed by atoms with Gasteiger partial charge in [-0.25, -0.2) is 4.79 Å². The summed E-state index contributed by atoms with van der Waals surface area (Å²) in [6.45, 7) is 6.15. The Bertz CT molecular complexity index is 1540. The van der Waals surface area contributed by atoms with Gasteiger partial charge in [0.1, 0.15) is 5.00 Å². The van der Waals surface area contributed by atoms with Crippen LogP contribution in [0.5, 0.6) is 0 Å². The van der Waals surface area contributed by atoms with Crippen molar-refractivity contribution < 1.29 is 28.8 Å².